The first-order chi connectivity index (χ1) is 9.81. The van der Waals surface area contributed by atoms with E-state index >= 15 is 0 Å². The standard InChI is InChI=1S/C18H20ClN/c19-18-10-8-16(9-11-18)17-7-4-12-20(14-17)13-15-5-2-1-3-6-15/h1-3,5-6,8-11,17H,4,7,12-14H2/t17-/m0/s1. The Morgan fingerprint density at radius 3 is 2.50 bits per heavy atom. The largest absolute Gasteiger partial charge is 0.298 e. The van der Waals surface area contributed by atoms with Crippen LogP contribution < -0.4 is 0 Å². The van der Waals surface area contributed by atoms with Gasteiger partial charge in [0.05, 0.1) is 0 Å². The molecule has 0 unspecified atom stereocenters. The normalized spacial score (nSPS) is 19.9. The summed E-state index contributed by atoms with van der Waals surface area (Å²) in [7, 11) is 0. The monoisotopic (exact) mass is 285 g/mol. The Morgan fingerprint density at radius 1 is 1.00 bits per heavy atom. The van der Waals surface area contributed by atoms with Crippen LogP contribution in [0.15, 0.2) is 54.6 Å². The van der Waals surface area contributed by atoms with Crippen molar-refractivity contribution in [2.75, 3.05) is 13.1 Å². The molecule has 0 aromatic heterocycles. The summed E-state index contributed by atoms with van der Waals surface area (Å²) in [4.78, 5) is 2.57. The van der Waals surface area contributed by atoms with Gasteiger partial charge in [0.25, 0.3) is 0 Å². The summed E-state index contributed by atoms with van der Waals surface area (Å²) in [5.74, 6) is 0.643. The molecule has 0 aliphatic carbocycles. The third kappa shape index (κ3) is 3.41. The van der Waals surface area contributed by atoms with Gasteiger partial charge in [-0.15, -0.1) is 0 Å². The molecule has 0 saturated carbocycles. The highest BCUT2D eigenvalue weighted by molar-refractivity contribution is 6.30. The van der Waals surface area contributed by atoms with Crippen LogP contribution in [0.3, 0.4) is 0 Å². The Hall–Kier alpha value is -1.31. The number of hydrogen-bond acceptors (Lipinski definition) is 1. The van der Waals surface area contributed by atoms with Crippen LogP contribution in [0, 0.1) is 0 Å². The van der Waals surface area contributed by atoms with Gasteiger partial charge in [0.2, 0.25) is 0 Å². The van der Waals surface area contributed by atoms with Gasteiger partial charge in [-0.05, 0) is 48.6 Å². The minimum Gasteiger partial charge on any atom is -0.298 e. The number of rotatable bonds is 3. The number of piperidine rings is 1. The second kappa shape index (κ2) is 6.43. The molecule has 20 heavy (non-hydrogen) atoms. The van der Waals surface area contributed by atoms with Crippen LogP contribution in [0.2, 0.25) is 5.02 Å². The molecule has 1 aliphatic heterocycles. The zero-order valence-electron chi connectivity index (χ0n) is 11.6. The maximum absolute atomic E-state index is 5.98. The van der Waals surface area contributed by atoms with Crippen LogP contribution >= 0.6 is 11.6 Å². The predicted octanol–water partition coefficient (Wildman–Crippen LogP) is 4.72. The lowest BCUT2D eigenvalue weighted by Crippen LogP contribution is -2.33. The van der Waals surface area contributed by atoms with E-state index in [1.54, 1.807) is 0 Å². The fraction of sp³-hybridized carbons (Fsp3) is 0.333. The van der Waals surface area contributed by atoms with Crippen molar-refractivity contribution < 1.29 is 0 Å². The summed E-state index contributed by atoms with van der Waals surface area (Å²) in [6, 6.07) is 19.1. The maximum atomic E-state index is 5.98. The molecule has 1 atom stereocenters. The van der Waals surface area contributed by atoms with Gasteiger partial charge < -0.3 is 0 Å². The van der Waals surface area contributed by atoms with Crippen LogP contribution in [0.1, 0.15) is 29.9 Å². The number of hydrogen-bond donors (Lipinski definition) is 0. The summed E-state index contributed by atoms with van der Waals surface area (Å²) < 4.78 is 0. The molecule has 0 bridgehead atoms. The van der Waals surface area contributed by atoms with Crippen molar-refractivity contribution in [1.82, 2.24) is 4.90 Å². The van der Waals surface area contributed by atoms with Gasteiger partial charge >= 0.3 is 0 Å². The second-order valence-electron chi connectivity index (χ2n) is 5.61. The van der Waals surface area contributed by atoms with Gasteiger partial charge in [-0.2, -0.15) is 0 Å². The summed E-state index contributed by atoms with van der Waals surface area (Å²) in [5, 5.41) is 0.825. The quantitative estimate of drug-likeness (QED) is 0.789. The van der Waals surface area contributed by atoms with E-state index < -0.39 is 0 Å². The molecule has 104 valence electrons. The molecular formula is C18H20ClN. The van der Waals surface area contributed by atoms with E-state index in [9.17, 15) is 0 Å². The highest BCUT2D eigenvalue weighted by Gasteiger charge is 2.21. The number of likely N-dealkylation sites (tertiary alicyclic amines) is 1. The van der Waals surface area contributed by atoms with Gasteiger partial charge in [-0.3, -0.25) is 4.90 Å². The molecule has 0 spiro atoms. The molecule has 0 N–H and O–H groups in total. The van der Waals surface area contributed by atoms with Gasteiger partial charge in [-0.25, -0.2) is 0 Å². The maximum Gasteiger partial charge on any atom is 0.0406 e. The van der Waals surface area contributed by atoms with Gasteiger partial charge in [0, 0.05) is 18.1 Å². The molecule has 1 nitrogen and oxygen atoms in total. The van der Waals surface area contributed by atoms with Crippen LogP contribution in [0.25, 0.3) is 0 Å². The average molecular weight is 286 g/mol. The van der Waals surface area contributed by atoms with Crippen LogP contribution in [-0.2, 0) is 6.54 Å². The summed E-state index contributed by atoms with van der Waals surface area (Å²) in [6.07, 6.45) is 2.56. The Labute approximate surface area is 126 Å². The van der Waals surface area contributed by atoms with Gasteiger partial charge in [0.15, 0.2) is 0 Å². The van der Waals surface area contributed by atoms with Crippen molar-refractivity contribution in [2.45, 2.75) is 25.3 Å². The molecule has 1 fully saturated rings. The van der Waals surface area contributed by atoms with Crippen LogP contribution in [0.4, 0.5) is 0 Å². The lowest BCUT2D eigenvalue weighted by atomic mass is 9.90. The Kier molecular flexibility index (Phi) is 4.39. The SMILES string of the molecule is Clc1ccc([C@H]2CCCN(Cc3ccccc3)C2)cc1. The lowest BCUT2D eigenvalue weighted by molar-refractivity contribution is 0.200. The van der Waals surface area contributed by atoms with E-state index in [0.717, 1.165) is 18.1 Å². The van der Waals surface area contributed by atoms with Crippen molar-refractivity contribution in [3.05, 3.63) is 70.7 Å². The molecule has 2 aromatic rings. The fourth-order valence-electron chi connectivity index (χ4n) is 3.05. The summed E-state index contributed by atoms with van der Waals surface area (Å²) in [5.41, 5.74) is 2.83. The number of nitrogens with zero attached hydrogens (tertiary/aromatic N) is 1. The van der Waals surface area contributed by atoms with E-state index in [-0.39, 0.29) is 0 Å². The predicted molar refractivity (Wildman–Crippen MR) is 85.1 cm³/mol. The highest BCUT2D eigenvalue weighted by Crippen LogP contribution is 2.28. The first-order valence-corrected chi connectivity index (χ1v) is 7.71. The minimum absolute atomic E-state index is 0.643. The zero-order chi connectivity index (χ0) is 13.8. The van der Waals surface area contributed by atoms with E-state index in [4.69, 9.17) is 11.6 Å². The molecule has 1 aliphatic rings. The Bertz CT molecular complexity index is 535. The van der Waals surface area contributed by atoms with E-state index in [1.807, 2.05) is 12.1 Å². The molecule has 0 amide bonds. The molecule has 3 rings (SSSR count). The molecule has 1 saturated heterocycles. The Morgan fingerprint density at radius 2 is 1.75 bits per heavy atom. The number of benzene rings is 2. The molecule has 1 heterocycles. The van der Waals surface area contributed by atoms with E-state index in [0.29, 0.717) is 5.92 Å². The van der Waals surface area contributed by atoms with E-state index in [2.05, 4.69) is 47.4 Å². The van der Waals surface area contributed by atoms with Crippen molar-refractivity contribution in [3.8, 4) is 0 Å². The lowest BCUT2D eigenvalue weighted by Gasteiger charge is -2.33. The third-order valence-electron chi connectivity index (χ3n) is 4.10. The van der Waals surface area contributed by atoms with Crippen LogP contribution in [0.5, 0.6) is 0 Å². The summed E-state index contributed by atoms with van der Waals surface area (Å²) in [6.45, 7) is 3.42. The molecule has 0 radical (unpaired) electrons. The Balaban J connectivity index is 1.66. The van der Waals surface area contributed by atoms with Gasteiger partial charge in [-0.1, -0.05) is 54.1 Å². The fourth-order valence-corrected chi connectivity index (χ4v) is 3.17. The molecular weight excluding hydrogens is 266 g/mol. The van der Waals surface area contributed by atoms with Crippen LogP contribution in [-0.4, -0.2) is 18.0 Å². The van der Waals surface area contributed by atoms with Crippen molar-refractivity contribution in [1.29, 1.82) is 0 Å². The smallest absolute Gasteiger partial charge is 0.0406 e. The van der Waals surface area contributed by atoms with Crippen molar-refractivity contribution in [3.63, 3.8) is 0 Å². The second-order valence-corrected chi connectivity index (χ2v) is 6.05. The first-order valence-electron chi connectivity index (χ1n) is 7.33. The van der Waals surface area contributed by atoms with E-state index in [1.165, 1.54) is 30.5 Å². The molecule has 2 heteroatoms. The van der Waals surface area contributed by atoms with Gasteiger partial charge in [0.1, 0.15) is 0 Å². The first kappa shape index (κ1) is 13.7. The third-order valence-corrected chi connectivity index (χ3v) is 4.35. The van der Waals surface area contributed by atoms with Crippen molar-refractivity contribution in [2.24, 2.45) is 0 Å². The zero-order valence-corrected chi connectivity index (χ0v) is 12.4. The minimum atomic E-state index is 0.643. The molecule has 2 aromatic carbocycles. The summed E-state index contributed by atoms with van der Waals surface area (Å²) >= 11 is 5.98. The topological polar surface area (TPSA) is 3.24 Å². The van der Waals surface area contributed by atoms with Crippen molar-refractivity contribution >= 4 is 11.6 Å². The highest BCUT2D eigenvalue weighted by atomic mass is 35.5. The number of halogens is 1. The average Bonchev–Trinajstić information content (AvgIpc) is 2.49.